The van der Waals surface area contributed by atoms with Gasteiger partial charge in [-0.2, -0.15) is 5.10 Å². The third kappa shape index (κ3) is 4.41. The number of carbonyl (C=O) groups is 3. The molecule has 1 N–H and O–H groups in total. The predicted octanol–water partition coefficient (Wildman–Crippen LogP) is 0.0326. The first kappa shape index (κ1) is 23.2. The minimum atomic E-state index is -0.587. The minimum absolute atomic E-state index is 0.0383. The molecule has 2 aliphatic rings. The van der Waals surface area contributed by atoms with E-state index in [1.807, 2.05) is 17.9 Å². The molecule has 0 aromatic carbocycles. The fourth-order valence-electron chi connectivity index (χ4n) is 4.66. The molecule has 0 saturated carbocycles. The number of aromatic nitrogens is 4. The van der Waals surface area contributed by atoms with Crippen molar-refractivity contribution in [2.24, 2.45) is 5.92 Å². The van der Waals surface area contributed by atoms with E-state index in [2.05, 4.69) is 10.1 Å². The van der Waals surface area contributed by atoms with Crippen LogP contribution in [0, 0.1) is 19.8 Å². The summed E-state index contributed by atoms with van der Waals surface area (Å²) in [6.07, 6.45) is 0.791. The molecular weight excluding hydrogens is 416 g/mol. The molecule has 2 amide bonds. The number of piperidine rings is 1. The molecule has 172 valence electrons. The molecule has 2 aliphatic heterocycles. The van der Waals surface area contributed by atoms with Crippen molar-refractivity contribution >= 4 is 18.3 Å². The lowest BCUT2D eigenvalue weighted by atomic mass is 9.78. The average Bonchev–Trinajstić information content (AvgIpc) is 3.05. The highest BCUT2D eigenvalue weighted by atomic mass is 16.3. The number of carbonyl (C=O) groups excluding carboxylic acids is 2. The Labute approximate surface area is 185 Å². The van der Waals surface area contributed by atoms with Crippen LogP contribution in [0.3, 0.4) is 0 Å². The molecule has 11 heteroatoms. The maximum Gasteiger partial charge on any atom is 0.290 e. The number of rotatable bonds is 3. The zero-order valence-electron chi connectivity index (χ0n) is 18.6. The number of hydrogen-bond donors (Lipinski definition) is 1. The van der Waals surface area contributed by atoms with E-state index < -0.39 is 6.04 Å². The van der Waals surface area contributed by atoms with Gasteiger partial charge in [0.2, 0.25) is 11.8 Å². The number of fused-ring (bicyclic) bond motifs is 4. The summed E-state index contributed by atoms with van der Waals surface area (Å²) in [5, 5.41) is 11.2. The maximum absolute atomic E-state index is 13.0. The lowest BCUT2D eigenvalue weighted by Gasteiger charge is -2.46. The molecule has 1 fully saturated rings. The van der Waals surface area contributed by atoms with E-state index in [0.717, 1.165) is 12.1 Å². The van der Waals surface area contributed by atoms with Crippen molar-refractivity contribution in [1.29, 1.82) is 0 Å². The van der Waals surface area contributed by atoms with Gasteiger partial charge in [0.25, 0.3) is 12.0 Å². The maximum atomic E-state index is 13.0. The van der Waals surface area contributed by atoms with Crippen LogP contribution < -0.4 is 5.56 Å². The molecule has 32 heavy (non-hydrogen) atoms. The first-order valence-corrected chi connectivity index (χ1v) is 10.3. The fourth-order valence-corrected chi connectivity index (χ4v) is 4.66. The Balaban J connectivity index is 0.000000913. The van der Waals surface area contributed by atoms with Gasteiger partial charge in [0.1, 0.15) is 24.2 Å². The lowest BCUT2D eigenvalue weighted by molar-refractivity contribution is -0.141. The van der Waals surface area contributed by atoms with Crippen LogP contribution in [-0.4, -0.2) is 79.7 Å². The van der Waals surface area contributed by atoms with Gasteiger partial charge in [-0.15, -0.1) is 0 Å². The summed E-state index contributed by atoms with van der Waals surface area (Å²) in [4.78, 5) is 54.6. The average molecular weight is 444 g/mol. The molecule has 1 saturated heterocycles. The van der Waals surface area contributed by atoms with E-state index in [1.165, 1.54) is 11.0 Å². The standard InChI is InChI=1S/C20H26N6O3.CH2O2/c1-12-21-13(2)25(22-12)11-18(28)24-9-14-8-15(10-24)19(20(29)23(3)4)26-16(14)6-5-7-17(26)27;2-1-3/h5-7,14-15,19H,8-11H2,1-4H3;1H,(H,2,3)/t14-,15+,19-;/m1./s1. The highest BCUT2D eigenvalue weighted by Gasteiger charge is 2.45. The van der Waals surface area contributed by atoms with Crippen molar-refractivity contribution in [2.75, 3.05) is 27.2 Å². The first-order chi connectivity index (χ1) is 15.2. The monoisotopic (exact) mass is 444 g/mol. The third-order valence-electron chi connectivity index (χ3n) is 5.94. The third-order valence-corrected chi connectivity index (χ3v) is 5.94. The molecular formula is C21H28N6O5. The van der Waals surface area contributed by atoms with Crippen molar-refractivity contribution in [3.05, 3.63) is 45.9 Å². The summed E-state index contributed by atoms with van der Waals surface area (Å²) < 4.78 is 3.26. The molecule has 4 rings (SSSR count). The molecule has 3 atom stereocenters. The molecule has 2 aromatic heterocycles. The molecule has 2 bridgehead atoms. The second-order valence-electron chi connectivity index (χ2n) is 8.30. The molecule has 4 heterocycles. The summed E-state index contributed by atoms with van der Waals surface area (Å²) >= 11 is 0. The first-order valence-electron chi connectivity index (χ1n) is 10.3. The Hall–Kier alpha value is -3.50. The summed E-state index contributed by atoms with van der Waals surface area (Å²) in [6.45, 7) is 4.49. The van der Waals surface area contributed by atoms with Gasteiger partial charge in [0.15, 0.2) is 0 Å². The molecule has 11 nitrogen and oxygen atoms in total. The number of likely N-dealkylation sites (N-methyl/N-ethyl adjacent to an activating group) is 1. The smallest absolute Gasteiger partial charge is 0.290 e. The number of nitrogens with zero attached hydrogens (tertiary/aromatic N) is 6. The summed E-state index contributed by atoms with van der Waals surface area (Å²) in [6, 6.07) is 4.54. The summed E-state index contributed by atoms with van der Waals surface area (Å²) in [7, 11) is 3.40. The number of likely N-dealkylation sites (tertiary alicyclic amines) is 1. The number of hydrogen-bond acceptors (Lipinski definition) is 6. The van der Waals surface area contributed by atoms with Gasteiger partial charge < -0.3 is 14.9 Å². The Kier molecular flexibility index (Phi) is 6.75. The quantitative estimate of drug-likeness (QED) is 0.661. The predicted molar refractivity (Wildman–Crippen MR) is 114 cm³/mol. The Morgan fingerprint density at radius 2 is 1.94 bits per heavy atom. The second kappa shape index (κ2) is 9.33. The van der Waals surface area contributed by atoms with Crippen LogP contribution in [0.15, 0.2) is 23.0 Å². The Morgan fingerprint density at radius 3 is 2.53 bits per heavy atom. The SMILES string of the molecule is Cc1nc(C)n(CC(=O)N2C[C@H]3C[C@@H](C2)[C@H](C(=O)N(C)C)n2c3cccc2=O)n1.O=CO. The van der Waals surface area contributed by atoms with Crippen LogP contribution in [-0.2, 0) is 20.9 Å². The van der Waals surface area contributed by atoms with Crippen LogP contribution in [0.4, 0.5) is 0 Å². The van der Waals surface area contributed by atoms with Gasteiger partial charge in [0.05, 0.1) is 0 Å². The van der Waals surface area contributed by atoms with Gasteiger partial charge >= 0.3 is 0 Å². The Bertz CT molecular complexity index is 1070. The van der Waals surface area contributed by atoms with Crippen LogP contribution in [0.5, 0.6) is 0 Å². The summed E-state index contributed by atoms with van der Waals surface area (Å²) in [5.41, 5.74) is 0.671. The lowest BCUT2D eigenvalue weighted by Crippen LogP contribution is -2.54. The number of pyridine rings is 1. The van der Waals surface area contributed by atoms with E-state index in [-0.39, 0.29) is 42.2 Å². The number of amides is 2. The van der Waals surface area contributed by atoms with Crippen molar-refractivity contribution in [3.8, 4) is 0 Å². The van der Waals surface area contributed by atoms with E-state index in [4.69, 9.17) is 9.90 Å². The number of aryl methyl sites for hydroxylation is 2. The second-order valence-corrected chi connectivity index (χ2v) is 8.30. The van der Waals surface area contributed by atoms with Gasteiger partial charge in [-0.3, -0.25) is 23.7 Å². The van der Waals surface area contributed by atoms with Crippen LogP contribution in [0.2, 0.25) is 0 Å². The van der Waals surface area contributed by atoms with Gasteiger partial charge in [-0.1, -0.05) is 6.07 Å². The topological polar surface area (TPSA) is 131 Å². The van der Waals surface area contributed by atoms with E-state index in [0.29, 0.717) is 24.7 Å². The molecule has 0 radical (unpaired) electrons. The van der Waals surface area contributed by atoms with Crippen molar-refractivity contribution in [2.45, 2.75) is 38.8 Å². The van der Waals surface area contributed by atoms with E-state index in [1.54, 1.807) is 36.3 Å². The van der Waals surface area contributed by atoms with Crippen molar-refractivity contribution in [3.63, 3.8) is 0 Å². The van der Waals surface area contributed by atoms with Crippen molar-refractivity contribution in [1.82, 2.24) is 29.1 Å². The van der Waals surface area contributed by atoms with Gasteiger partial charge in [-0.25, -0.2) is 9.67 Å². The van der Waals surface area contributed by atoms with Gasteiger partial charge in [0, 0.05) is 50.8 Å². The highest BCUT2D eigenvalue weighted by Crippen LogP contribution is 2.41. The zero-order chi connectivity index (χ0) is 23.6. The Morgan fingerprint density at radius 1 is 1.25 bits per heavy atom. The van der Waals surface area contributed by atoms with E-state index in [9.17, 15) is 14.4 Å². The summed E-state index contributed by atoms with van der Waals surface area (Å²) in [5.74, 6) is 1.12. The van der Waals surface area contributed by atoms with E-state index >= 15 is 0 Å². The molecule has 0 unspecified atom stereocenters. The van der Waals surface area contributed by atoms with Crippen molar-refractivity contribution < 1.29 is 19.5 Å². The highest BCUT2D eigenvalue weighted by molar-refractivity contribution is 5.81. The largest absolute Gasteiger partial charge is 0.483 e. The zero-order valence-corrected chi connectivity index (χ0v) is 18.6. The minimum Gasteiger partial charge on any atom is -0.483 e. The molecule has 0 spiro atoms. The van der Waals surface area contributed by atoms with Crippen LogP contribution in [0.25, 0.3) is 0 Å². The fraction of sp³-hybridized carbons (Fsp3) is 0.524. The van der Waals surface area contributed by atoms with Crippen LogP contribution in [0.1, 0.15) is 35.7 Å². The number of carboxylic acid groups (broad SMARTS) is 1. The normalized spacial score (nSPS) is 21.1. The molecule has 2 aromatic rings. The molecule has 0 aliphatic carbocycles. The van der Waals surface area contributed by atoms with Crippen LogP contribution >= 0.6 is 0 Å². The van der Waals surface area contributed by atoms with Gasteiger partial charge in [-0.05, 0) is 26.3 Å².